The predicted octanol–water partition coefficient (Wildman–Crippen LogP) is 2.60. The summed E-state index contributed by atoms with van der Waals surface area (Å²) in [6.07, 6.45) is 2.23. The van der Waals surface area contributed by atoms with Crippen molar-refractivity contribution in [3.63, 3.8) is 0 Å². The predicted molar refractivity (Wildman–Crippen MR) is 150 cm³/mol. The third-order valence-electron chi connectivity index (χ3n) is 6.70. The van der Waals surface area contributed by atoms with Crippen molar-refractivity contribution in [2.45, 2.75) is 31.0 Å². The molecule has 40 heavy (non-hydrogen) atoms. The Hall–Kier alpha value is -4.10. The van der Waals surface area contributed by atoms with Gasteiger partial charge in [0.1, 0.15) is 11.9 Å². The highest BCUT2D eigenvalue weighted by Gasteiger charge is 2.34. The highest BCUT2D eigenvalue weighted by atomic mass is 32.2. The largest absolute Gasteiger partial charge is 0.487 e. The molecule has 214 valence electrons. The Morgan fingerprint density at radius 2 is 1.95 bits per heavy atom. The van der Waals surface area contributed by atoms with Crippen molar-refractivity contribution in [3.8, 4) is 5.75 Å². The van der Waals surface area contributed by atoms with Crippen molar-refractivity contribution in [2.75, 3.05) is 36.8 Å². The van der Waals surface area contributed by atoms with Gasteiger partial charge >= 0.3 is 6.03 Å². The number of sulfonamides is 1. The third-order valence-corrected chi connectivity index (χ3v) is 7.97. The van der Waals surface area contributed by atoms with Crippen LogP contribution in [0.15, 0.2) is 66.1 Å². The number of urea groups is 1. The highest BCUT2D eigenvalue weighted by molar-refractivity contribution is 7.92. The Bertz CT molecular complexity index is 1460. The van der Waals surface area contributed by atoms with E-state index in [1.807, 2.05) is 25.1 Å². The zero-order valence-electron chi connectivity index (χ0n) is 22.8. The average molecular weight is 571 g/mol. The lowest BCUT2D eigenvalue weighted by Crippen LogP contribution is -2.50. The van der Waals surface area contributed by atoms with Crippen molar-refractivity contribution in [3.05, 3.63) is 66.6 Å². The molecule has 13 heteroatoms. The zero-order valence-corrected chi connectivity index (χ0v) is 23.6. The fourth-order valence-electron chi connectivity index (χ4n) is 4.33. The van der Waals surface area contributed by atoms with Gasteiger partial charge in [0.2, 0.25) is 0 Å². The Kier molecular flexibility index (Phi) is 8.64. The number of aliphatic hydroxyl groups excluding tert-OH is 1. The summed E-state index contributed by atoms with van der Waals surface area (Å²) in [5.74, 6) is -0.370. The normalized spacial score (nSPS) is 18.1. The van der Waals surface area contributed by atoms with Gasteiger partial charge in [0.05, 0.1) is 31.1 Å². The summed E-state index contributed by atoms with van der Waals surface area (Å²) in [6.45, 7) is 3.85. The number of likely N-dealkylation sites (N-methyl/N-ethyl adjacent to an activating group) is 1. The number of ether oxygens (including phenoxy) is 1. The number of carbonyl (C=O) groups excluding carboxylic acids is 2. The van der Waals surface area contributed by atoms with E-state index in [0.717, 1.165) is 0 Å². The van der Waals surface area contributed by atoms with E-state index < -0.39 is 28.1 Å². The Balaban J connectivity index is 1.61. The zero-order chi connectivity index (χ0) is 29.0. The van der Waals surface area contributed by atoms with Crippen LogP contribution in [0.4, 0.5) is 16.2 Å². The maximum absolute atomic E-state index is 13.6. The molecule has 3 N–H and O–H groups in total. The van der Waals surface area contributed by atoms with E-state index in [0.29, 0.717) is 5.69 Å². The number of hydrogen-bond acceptors (Lipinski definition) is 7. The number of nitrogens with zero attached hydrogens (tertiary/aromatic N) is 4. The SMILES string of the molecule is C[C@H]1CN([C@@H](C)CO)C(=O)c2cc(NS(=O)(=O)c3cn(C)cn3)ccc2O[C@H]1CN(C)C(=O)Nc1ccccc1. The molecule has 12 nitrogen and oxygen atoms in total. The second kappa shape index (κ2) is 12.0. The van der Waals surface area contributed by atoms with Crippen LogP contribution in [0, 0.1) is 5.92 Å². The van der Waals surface area contributed by atoms with Crippen LogP contribution in [0.2, 0.25) is 0 Å². The molecule has 0 aliphatic carbocycles. The van der Waals surface area contributed by atoms with Crippen LogP contribution in [0.1, 0.15) is 24.2 Å². The monoisotopic (exact) mass is 570 g/mol. The van der Waals surface area contributed by atoms with E-state index in [-0.39, 0.29) is 53.7 Å². The van der Waals surface area contributed by atoms with Crippen molar-refractivity contribution < 1.29 is 27.9 Å². The number of nitrogens with one attached hydrogen (secondary N) is 2. The van der Waals surface area contributed by atoms with Crippen molar-refractivity contribution in [1.29, 1.82) is 0 Å². The minimum Gasteiger partial charge on any atom is -0.487 e. The van der Waals surface area contributed by atoms with Crippen LogP contribution in [0.3, 0.4) is 0 Å². The molecule has 0 fully saturated rings. The molecule has 0 saturated heterocycles. The Morgan fingerprint density at radius 3 is 2.60 bits per heavy atom. The van der Waals surface area contributed by atoms with Gasteiger partial charge in [-0.25, -0.2) is 9.78 Å². The number of aromatic nitrogens is 2. The molecule has 3 amide bonds. The van der Waals surface area contributed by atoms with E-state index >= 15 is 0 Å². The summed E-state index contributed by atoms with van der Waals surface area (Å²) in [7, 11) is -0.684. The maximum atomic E-state index is 13.6. The van der Waals surface area contributed by atoms with Crippen LogP contribution < -0.4 is 14.8 Å². The first kappa shape index (κ1) is 28.9. The van der Waals surface area contributed by atoms with Crippen molar-refractivity contribution in [1.82, 2.24) is 19.4 Å². The molecule has 1 aliphatic rings. The quantitative estimate of drug-likeness (QED) is 0.377. The molecule has 0 unspecified atom stereocenters. The lowest BCUT2D eigenvalue weighted by molar-refractivity contribution is 0.0371. The molecule has 0 bridgehead atoms. The molecule has 2 heterocycles. The standard InChI is InChI=1S/C27H34N6O6S/c1-18-13-33(19(2)16-34)26(35)22-12-21(30-40(37,38)25-15-31(3)17-28-25)10-11-23(22)39-24(18)14-32(4)27(36)29-20-8-6-5-7-9-20/h5-12,15,17-19,24,30,34H,13-14,16H2,1-4H3,(H,29,36)/t18-,19-,24-/m0/s1. The average Bonchev–Trinajstić information content (AvgIpc) is 3.38. The molecular formula is C27H34N6O6S. The van der Waals surface area contributed by atoms with Gasteiger partial charge < -0.3 is 29.5 Å². The minimum absolute atomic E-state index is 0.134. The van der Waals surface area contributed by atoms with Crippen LogP contribution in [0.25, 0.3) is 0 Å². The first-order valence-electron chi connectivity index (χ1n) is 12.8. The van der Waals surface area contributed by atoms with E-state index in [9.17, 15) is 23.1 Å². The van der Waals surface area contributed by atoms with E-state index in [1.165, 1.54) is 40.2 Å². The summed E-state index contributed by atoms with van der Waals surface area (Å²) in [6, 6.07) is 12.7. The molecule has 2 aromatic carbocycles. The number of hydrogen-bond donors (Lipinski definition) is 3. The van der Waals surface area contributed by atoms with Gasteiger partial charge in [0.15, 0.2) is 5.03 Å². The smallest absolute Gasteiger partial charge is 0.321 e. The number of aliphatic hydroxyl groups is 1. The number of rotatable bonds is 8. The van der Waals surface area contributed by atoms with E-state index in [4.69, 9.17) is 4.74 Å². The van der Waals surface area contributed by atoms with Crippen LogP contribution >= 0.6 is 0 Å². The topological polar surface area (TPSA) is 146 Å². The van der Waals surface area contributed by atoms with Gasteiger partial charge in [-0.15, -0.1) is 0 Å². The summed E-state index contributed by atoms with van der Waals surface area (Å²) >= 11 is 0. The molecule has 0 saturated carbocycles. The van der Waals surface area contributed by atoms with Gasteiger partial charge in [0.25, 0.3) is 15.9 Å². The van der Waals surface area contributed by atoms with Gasteiger partial charge in [-0.3, -0.25) is 9.52 Å². The number of imidazole rings is 1. The van der Waals surface area contributed by atoms with E-state index in [1.54, 1.807) is 38.1 Å². The summed E-state index contributed by atoms with van der Waals surface area (Å²) in [5, 5.41) is 12.6. The van der Waals surface area contributed by atoms with Gasteiger partial charge in [-0.2, -0.15) is 8.42 Å². The van der Waals surface area contributed by atoms with Crippen LogP contribution in [-0.4, -0.2) is 83.7 Å². The molecular weight excluding hydrogens is 536 g/mol. The molecule has 3 atom stereocenters. The fourth-order valence-corrected chi connectivity index (χ4v) is 5.36. The molecule has 4 rings (SSSR count). The Morgan fingerprint density at radius 1 is 1.23 bits per heavy atom. The maximum Gasteiger partial charge on any atom is 0.321 e. The number of carbonyl (C=O) groups is 2. The summed E-state index contributed by atoms with van der Waals surface area (Å²) < 4.78 is 35.9. The van der Waals surface area contributed by atoms with Gasteiger partial charge in [0, 0.05) is 44.1 Å². The van der Waals surface area contributed by atoms with Crippen molar-refractivity contribution in [2.24, 2.45) is 13.0 Å². The van der Waals surface area contributed by atoms with Crippen molar-refractivity contribution >= 4 is 33.3 Å². The number of benzene rings is 2. The molecule has 0 spiro atoms. The number of amides is 3. The molecule has 3 aromatic rings. The van der Waals surface area contributed by atoms with Crippen LogP contribution in [0.5, 0.6) is 5.75 Å². The van der Waals surface area contributed by atoms with Gasteiger partial charge in [-0.1, -0.05) is 25.1 Å². The lowest BCUT2D eigenvalue weighted by Gasteiger charge is -2.38. The number of aryl methyl sites for hydroxylation is 1. The Labute approximate surface area is 233 Å². The van der Waals surface area contributed by atoms with Gasteiger partial charge in [-0.05, 0) is 37.3 Å². The third kappa shape index (κ3) is 6.54. The number of para-hydroxylation sites is 1. The number of fused-ring (bicyclic) bond motifs is 1. The molecule has 0 radical (unpaired) electrons. The minimum atomic E-state index is -4.00. The summed E-state index contributed by atoms with van der Waals surface area (Å²) in [4.78, 5) is 33.4. The second-order valence-electron chi connectivity index (χ2n) is 9.99. The fraction of sp³-hybridized carbons (Fsp3) is 0.370. The summed E-state index contributed by atoms with van der Waals surface area (Å²) in [5.41, 5.74) is 0.947. The first-order valence-corrected chi connectivity index (χ1v) is 14.3. The lowest BCUT2D eigenvalue weighted by atomic mass is 9.99. The highest BCUT2D eigenvalue weighted by Crippen LogP contribution is 2.31. The molecule has 1 aliphatic heterocycles. The van der Waals surface area contributed by atoms with E-state index in [2.05, 4.69) is 15.0 Å². The number of anilines is 2. The molecule has 1 aromatic heterocycles. The first-order chi connectivity index (χ1) is 19.0. The second-order valence-corrected chi connectivity index (χ2v) is 11.6. The van der Waals surface area contributed by atoms with Crippen LogP contribution in [-0.2, 0) is 17.1 Å².